The normalized spacial score (nSPS) is 13.5. The minimum absolute atomic E-state index is 0.0494. The number of methoxy groups -OCH3 is 2. The molecule has 1 atom stereocenters. The Morgan fingerprint density at radius 3 is 2.51 bits per heavy atom. The lowest BCUT2D eigenvalue weighted by Crippen LogP contribution is -2.31. The van der Waals surface area contributed by atoms with Gasteiger partial charge in [-0.05, 0) is 42.7 Å². The lowest BCUT2D eigenvalue weighted by atomic mass is 10.0. The molecule has 0 saturated carbocycles. The molecule has 0 aromatic heterocycles. The van der Waals surface area contributed by atoms with Crippen LogP contribution in [0.1, 0.15) is 35.6 Å². The van der Waals surface area contributed by atoms with Gasteiger partial charge in [-0.3, -0.25) is 4.79 Å². The molecule has 1 aliphatic rings. The fourth-order valence-electron chi connectivity index (χ4n) is 4.76. The van der Waals surface area contributed by atoms with Crippen LogP contribution in [0.3, 0.4) is 0 Å². The van der Waals surface area contributed by atoms with Crippen molar-refractivity contribution in [1.29, 1.82) is 0 Å². The summed E-state index contributed by atoms with van der Waals surface area (Å²) in [6.07, 6.45) is -3.87. The lowest BCUT2D eigenvalue weighted by Gasteiger charge is -2.29. The van der Waals surface area contributed by atoms with Crippen molar-refractivity contribution in [1.82, 2.24) is 0 Å². The number of fused-ring (bicyclic) bond motifs is 1. The van der Waals surface area contributed by atoms with E-state index in [1.54, 1.807) is 29.2 Å². The fraction of sp³-hybridized carbons (Fsp3) is 0.345. The minimum Gasteiger partial charge on any atom is -0.497 e. The highest BCUT2D eigenvalue weighted by Gasteiger charge is 2.37. The molecule has 0 amide bonds. The first-order chi connectivity index (χ1) is 19.5. The molecular formula is C29H29ClF4N2O5. The summed E-state index contributed by atoms with van der Waals surface area (Å²) in [6.45, 7) is 0.703. The largest absolute Gasteiger partial charge is 0.497 e. The van der Waals surface area contributed by atoms with E-state index in [4.69, 9.17) is 30.9 Å². The van der Waals surface area contributed by atoms with Crippen molar-refractivity contribution in [3.05, 3.63) is 76.1 Å². The summed E-state index contributed by atoms with van der Waals surface area (Å²) >= 11 is 5.99. The Morgan fingerprint density at radius 2 is 1.85 bits per heavy atom. The van der Waals surface area contributed by atoms with Crippen LogP contribution in [0.15, 0.2) is 48.5 Å². The number of nitrogens with one attached hydrogen (secondary N) is 1. The van der Waals surface area contributed by atoms with Gasteiger partial charge in [-0.1, -0.05) is 17.7 Å². The second-order valence-electron chi connectivity index (χ2n) is 9.48. The molecule has 0 spiro atoms. The Morgan fingerprint density at radius 1 is 1.10 bits per heavy atom. The number of carbonyl (C=O) groups is 1. The number of carboxylic acids is 1. The van der Waals surface area contributed by atoms with E-state index < -0.39 is 29.6 Å². The summed E-state index contributed by atoms with van der Waals surface area (Å²) in [7, 11) is 2.67. The quantitative estimate of drug-likeness (QED) is 0.173. The Kier molecular flexibility index (Phi) is 9.37. The standard InChI is InChI=1S/C29H29ClF4N2O5/c1-39-20-12-19(13-21(14-20)41-9-3-4-28(37)38)35-25(22-6-5-18(30)11-24(22)31)16-36-8-7-17-10-27(40-2)23(15-26(17)36)29(32,33)34/h5-6,10-15,25,35H,3-4,7-9,16H2,1-2H3,(H,37,38). The van der Waals surface area contributed by atoms with E-state index in [-0.39, 0.29) is 35.9 Å². The maximum Gasteiger partial charge on any atom is 0.420 e. The van der Waals surface area contributed by atoms with Gasteiger partial charge in [0.15, 0.2) is 0 Å². The maximum absolute atomic E-state index is 15.2. The third-order valence-corrected chi connectivity index (χ3v) is 6.93. The fourth-order valence-corrected chi connectivity index (χ4v) is 4.92. The topological polar surface area (TPSA) is 80.3 Å². The molecule has 1 unspecified atom stereocenters. The molecule has 1 heterocycles. The number of hydrogen-bond donors (Lipinski definition) is 2. The third-order valence-electron chi connectivity index (χ3n) is 6.70. The van der Waals surface area contributed by atoms with Gasteiger partial charge in [0, 0.05) is 59.7 Å². The summed E-state index contributed by atoms with van der Waals surface area (Å²) < 4.78 is 72.6. The monoisotopic (exact) mass is 596 g/mol. The number of rotatable bonds is 12. The number of carboxylic acid groups (broad SMARTS) is 1. The molecule has 7 nitrogen and oxygen atoms in total. The predicted molar refractivity (Wildman–Crippen MR) is 147 cm³/mol. The van der Waals surface area contributed by atoms with Crippen LogP contribution in [0.2, 0.25) is 5.02 Å². The Labute approximate surface area is 239 Å². The van der Waals surface area contributed by atoms with Crippen molar-refractivity contribution in [3.63, 3.8) is 0 Å². The van der Waals surface area contributed by atoms with Crippen LogP contribution in [-0.2, 0) is 17.4 Å². The highest BCUT2D eigenvalue weighted by molar-refractivity contribution is 6.30. The van der Waals surface area contributed by atoms with Crippen LogP contribution < -0.4 is 24.4 Å². The molecule has 0 aliphatic carbocycles. The molecule has 12 heteroatoms. The van der Waals surface area contributed by atoms with Crippen molar-refractivity contribution < 1.29 is 41.7 Å². The van der Waals surface area contributed by atoms with Gasteiger partial charge >= 0.3 is 12.1 Å². The highest BCUT2D eigenvalue weighted by Crippen LogP contribution is 2.43. The van der Waals surface area contributed by atoms with Gasteiger partial charge in [0.2, 0.25) is 0 Å². The molecule has 41 heavy (non-hydrogen) atoms. The van der Waals surface area contributed by atoms with E-state index in [1.807, 2.05) is 0 Å². The predicted octanol–water partition coefficient (Wildman–Crippen LogP) is 6.97. The van der Waals surface area contributed by atoms with Crippen LogP contribution in [0.5, 0.6) is 17.2 Å². The van der Waals surface area contributed by atoms with Gasteiger partial charge in [-0.15, -0.1) is 0 Å². The van der Waals surface area contributed by atoms with Gasteiger partial charge in [0.1, 0.15) is 23.1 Å². The first-order valence-corrected chi connectivity index (χ1v) is 13.1. The minimum atomic E-state index is -4.62. The molecule has 0 fully saturated rings. The molecule has 1 aliphatic heterocycles. The zero-order chi connectivity index (χ0) is 29.7. The van der Waals surface area contributed by atoms with Gasteiger partial charge in [0.25, 0.3) is 0 Å². The average Bonchev–Trinajstić information content (AvgIpc) is 3.31. The Hall–Kier alpha value is -3.86. The van der Waals surface area contributed by atoms with Crippen LogP contribution in [0.4, 0.5) is 28.9 Å². The number of ether oxygens (including phenoxy) is 3. The second-order valence-corrected chi connectivity index (χ2v) is 9.92. The van der Waals surface area contributed by atoms with Crippen LogP contribution in [0, 0.1) is 5.82 Å². The summed E-state index contributed by atoms with van der Waals surface area (Å²) in [5, 5.41) is 12.3. The molecule has 2 N–H and O–H groups in total. The first-order valence-electron chi connectivity index (χ1n) is 12.8. The van der Waals surface area contributed by atoms with Crippen molar-refractivity contribution in [3.8, 4) is 17.2 Å². The molecule has 220 valence electrons. The van der Waals surface area contributed by atoms with Crippen LogP contribution >= 0.6 is 11.6 Å². The van der Waals surface area contributed by atoms with E-state index in [0.717, 1.165) is 6.07 Å². The molecule has 0 saturated heterocycles. The van der Waals surface area contributed by atoms with Gasteiger partial charge in [0.05, 0.1) is 32.4 Å². The molecule has 3 aromatic rings. The van der Waals surface area contributed by atoms with Gasteiger partial charge in [-0.2, -0.15) is 13.2 Å². The average molecular weight is 597 g/mol. The van der Waals surface area contributed by atoms with Crippen LogP contribution in [-0.4, -0.2) is 45.0 Å². The smallest absolute Gasteiger partial charge is 0.420 e. The molecular weight excluding hydrogens is 568 g/mol. The van der Waals surface area contributed by atoms with E-state index in [2.05, 4.69) is 5.32 Å². The van der Waals surface area contributed by atoms with E-state index in [9.17, 15) is 18.0 Å². The number of anilines is 2. The number of nitrogens with zero attached hydrogens (tertiary/aromatic N) is 1. The van der Waals surface area contributed by atoms with E-state index in [0.29, 0.717) is 47.8 Å². The van der Waals surface area contributed by atoms with Gasteiger partial charge < -0.3 is 29.5 Å². The molecule has 4 rings (SSSR count). The molecule has 0 radical (unpaired) electrons. The van der Waals surface area contributed by atoms with Crippen LogP contribution in [0.25, 0.3) is 0 Å². The van der Waals surface area contributed by atoms with E-state index in [1.165, 1.54) is 32.4 Å². The number of halogens is 5. The SMILES string of the molecule is COc1cc(NC(CN2CCc3cc(OC)c(C(F)(F)F)cc32)c2ccc(Cl)cc2F)cc(OCCCC(=O)O)c1. The Bertz CT molecular complexity index is 1400. The Balaban J connectivity index is 1.66. The summed E-state index contributed by atoms with van der Waals surface area (Å²) in [6, 6.07) is 11.0. The van der Waals surface area contributed by atoms with Crippen molar-refractivity contribution in [2.45, 2.75) is 31.5 Å². The highest BCUT2D eigenvalue weighted by atomic mass is 35.5. The van der Waals surface area contributed by atoms with E-state index >= 15 is 4.39 Å². The molecule has 3 aromatic carbocycles. The van der Waals surface area contributed by atoms with Crippen molar-refractivity contribution >= 4 is 28.9 Å². The summed E-state index contributed by atoms with van der Waals surface area (Å²) in [5.41, 5.74) is 0.975. The lowest BCUT2D eigenvalue weighted by molar-refractivity contribution is -0.139. The zero-order valence-corrected chi connectivity index (χ0v) is 23.1. The molecule has 0 bridgehead atoms. The summed E-state index contributed by atoms with van der Waals surface area (Å²) in [5.74, 6) is -0.913. The number of benzene rings is 3. The second kappa shape index (κ2) is 12.8. The number of aliphatic carboxylic acids is 1. The van der Waals surface area contributed by atoms with Crippen molar-refractivity contribution in [2.75, 3.05) is 44.1 Å². The number of alkyl halides is 3. The summed E-state index contributed by atoms with van der Waals surface area (Å²) in [4.78, 5) is 12.6. The maximum atomic E-state index is 15.2. The third kappa shape index (κ3) is 7.46. The number of hydrogen-bond acceptors (Lipinski definition) is 6. The zero-order valence-electron chi connectivity index (χ0n) is 22.4. The first kappa shape index (κ1) is 30.1. The van der Waals surface area contributed by atoms with Crippen molar-refractivity contribution in [2.24, 2.45) is 0 Å². The van der Waals surface area contributed by atoms with Gasteiger partial charge in [-0.25, -0.2) is 4.39 Å².